The summed E-state index contributed by atoms with van der Waals surface area (Å²) in [6, 6.07) is 2.07. The van der Waals surface area contributed by atoms with E-state index in [0.717, 1.165) is 6.42 Å². The number of allylic oxidation sites excluding steroid dienone is 2. The third-order valence-electron chi connectivity index (χ3n) is 4.70. The maximum atomic E-state index is 12.8. The van der Waals surface area contributed by atoms with Crippen LogP contribution in [0, 0.1) is 11.8 Å². The molecule has 5 nitrogen and oxygen atoms in total. The van der Waals surface area contributed by atoms with Gasteiger partial charge in [0.2, 0.25) is 11.8 Å². The Morgan fingerprint density at radius 1 is 1.21 bits per heavy atom. The Bertz CT molecular complexity index is 579. The molecular weight excluding hydrogens is 324 g/mol. The van der Waals surface area contributed by atoms with Crippen molar-refractivity contribution in [1.82, 2.24) is 10.2 Å². The van der Waals surface area contributed by atoms with Crippen LogP contribution >= 0.6 is 11.3 Å². The molecule has 1 aromatic rings. The first-order valence-electron chi connectivity index (χ1n) is 8.56. The summed E-state index contributed by atoms with van der Waals surface area (Å²) in [5, 5.41) is 7.15. The monoisotopic (exact) mass is 348 g/mol. The minimum absolute atomic E-state index is 0.00110. The lowest BCUT2D eigenvalue weighted by molar-refractivity contribution is -0.145. The number of nitrogens with zero attached hydrogens (tertiary/aromatic N) is 1. The molecule has 2 amide bonds. The van der Waals surface area contributed by atoms with E-state index < -0.39 is 0 Å². The number of rotatable bonds is 5. The van der Waals surface area contributed by atoms with E-state index in [4.69, 9.17) is 4.74 Å². The number of ether oxygens (including phenoxy) is 1. The van der Waals surface area contributed by atoms with Gasteiger partial charge in [-0.1, -0.05) is 12.2 Å². The van der Waals surface area contributed by atoms with Crippen molar-refractivity contribution in [2.45, 2.75) is 19.3 Å². The third-order valence-corrected chi connectivity index (χ3v) is 5.43. The molecule has 0 aromatic carbocycles. The van der Waals surface area contributed by atoms with Gasteiger partial charge < -0.3 is 15.0 Å². The zero-order valence-electron chi connectivity index (χ0n) is 13.8. The van der Waals surface area contributed by atoms with Crippen molar-refractivity contribution >= 4 is 23.2 Å². The molecule has 1 aliphatic heterocycles. The highest BCUT2D eigenvalue weighted by Crippen LogP contribution is 2.28. The van der Waals surface area contributed by atoms with Crippen LogP contribution in [0.4, 0.5) is 0 Å². The maximum Gasteiger partial charge on any atom is 0.226 e. The molecule has 130 valence electrons. The molecule has 24 heavy (non-hydrogen) atoms. The Morgan fingerprint density at radius 2 is 1.96 bits per heavy atom. The molecule has 2 aliphatic rings. The average Bonchev–Trinajstić information content (AvgIpc) is 3.15. The number of hydrogen-bond donors (Lipinski definition) is 1. The van der Waals surface area contributed by atoms with E-state index >= 15 is 0 Å². The Kier molecular flexibility index (Phi) is 6.04. The minimum atomic E-state index is -0.257. The van der Waals surface area contributed by atoms with Crippen LogP contribution in [0.15, 0.2) is 29.0 Å². The predicted octanol–water partition coefficient (Wildman–Crippen LogP) is 1.85. The Morgan fingerprint density at radius 3 is 2.67 bits per heavy atom. The van der Waals surface area contributed by atoms with Crippen molar-refractivity contribution in [1.29, 1.82) is 0 Å². The summed E-state index contributed by atoms with van der Waals surface area (Å²) in [5.41, 5.74) is 1.24. The second-order valence-electron chi connectivity index (χ2n) is 6.27. The molecule has 6 heteroatoms. The normalized spacial score (nSPS) is 23.9. The molecule has 0 spiro atoms. The van der Waals surface area contributed by atoms with Crippen LogP contribution in [0.5, 0.6) is 0 Å². The number of hydrogen-bond acceptors (Lipinski definition) is 4. The number of thiophene rings is 1. The zero-order valence-corrected chi connectivity index (χ0v) is 14.6. The number of carbonyl (C=O) groups excluding carboxylic acids is 2. The highest BCUT2D eigenvalue weighted by Gasteiger charge is 2.36. The predicted molar refractivity (Wildman–Crippen MR) is 93.8 cm³/mol. The van der Waals surface area contributed by atoms with Crippen molar-refractivity contribution in [2.75, 3.05) is 32.8 Å². The summed E-state index contributed by atoms with van der Waals surface area (Å²) >= 11 is 1.66. The van der Waals surface area contributed by atoms with Crippen LogP contribution in [0.3, 0.4) is 0 Å². The van der Waals surface area contributed by atoms with Crippen LogP contribution < -0.4 is 5.32 Å². The highest BCUT2D eigenvalue weighted by atomic mass is 32.1. The van der Waals surface area contributed by atoms with E-state index in [1.807, 2.05) is 22.4 Å². The molecule has 2 atom stereocenters. The SMILES string of the molecule is O=C(NCCc1ccsc1)C1CC=CCC1C(=O)N1CCOCC1. The minimum Gasteiger partial charge on any atom is -0.378 e. The fraction of sp³-hybridized carbons (Fsp3) is 0.556. The number of amides is 2. The highest BCUT2D eigenvalue weighted by molar-refractivity contribution is 7.07. The van der Waals surface area contributed by atoms with Crippen LogP contribution in [0.25, 0.3) is 0 Å². The Balaban J connectivity index is 1.55. The molecule has 1 saturated heterocycles. The van der Waals surface area contributed by atoms with Crippen molar-refractivity contribution in [3.63, 3.8) is 0 Å². The lowest BCUT2D eigenvalue weighted by atomic mass is 9.81. The van der Waals surface area contributed by atoms with E-state index in [0.29, 0.717) is 45.7 Å². The van der Waals surface area contributed by atoms with Crippen LogP contribution in [0.2, 0.25) is 0 Å². The van der Waals surface area contributed by atoms with Crippen molar-refractivity contribution in [2.24, 2.45) is 11.8 Å². The largest absolute Gasteiger partial charge is 0.378 e. The first kappa shape index (κ1) is 17.2. The molecule has 1 aliphatic carbocycles. The van der Waals surface area contributed by atoms with E-state index in [2.05, 4.69) is 16.8 Å². The van der Waals surface area contributed by atoms with Gasteiger partial charge in [0.15, 0.2) is 0 Å². The van der Waals surface area contributed by atoms with Crippen LogP contribution in [0.1, 0.15) is 18.4 Å². The molecule has 3 rings (SSSR count). The van der Waals surface area contributed by atoms with Gasteiger partial charge in [-0.2, -0.15) is 11.3 Å². The van der Waals surface area contributed by atoms with Gasteiger partial charge in [-0.05, 0) is 41.7 Å². The van der Waals surface area contributed by atoms with Crippen molar-refractivity contribution in [3.05, 3.63) is 34.5 Å². The molecule has 2 unspecified atom stereocenters. The average molecular weight is 348 g/mol. The smallest absolute Gasteiger partial charge is 0.226 e. The van der Waals surface area contributed by atoms with E-state index in [9.17, 15) is 9.59 Å². The first-order chi connectivity index (χ1) is 11.8. The van der Waals surface area contributed by atoms with E-state index in [-0.39, 0.29) is 23.7 Å². The Hall–Kier alpha value is -1.66. The number of morpholine rings is 1. The van der Waals surface area contributed by atoms with Gasteiger partial charge >= 0.3 is 0 Å². The second kappa shape index (κ2) is 8.44. The first-order valence-corrected chi connectivity index (χ1v) is 9.50. The zero-order chi connectivity index (χ0) is 16.8. The fourth-order valence-corrected chi connectivity index (χ4v) is 3.99. The maximum absolute atomic E-state index is 12.8. The third kappa shape index (κ3) is 4.24. The lowest BCUT2D eigenvalue weighted by Crippen LogP contribution is -2.48. The molecule has 1 fully saturated rings. The molecule has 0 radical (unpaired) electrons. The fourth-order valence-electron chi connectivity index (χ4n) is 3.29. The molecule has 0 saturated carbocycles. The van der Waals surface area contributed by atoms with Gasteiger partial charge in [-0.3, -0.25) is 9.59 Å². The molecule has 0 bridgehead atoms. The standard InChI is InChI=1S/C18H24N2O3S/c21-17(19-7-5-14-6-12-24-13-14)15-3-1-2-4-16(15)18(22)20-8-10-23-11-9-20/h1-2,6,12-13,15-16H,3-5,7-11H2,(H,19,21). The van der Waals surface area contributed by atoms with Gasteiger partial charge in [0.25, 0.3) is 0 Å². The van der Waals surface area contributed by atoms with Gasteiger partial charge in [0, 0.05) is 19.6 Å². The number of carbonyl (C=O) groups is 2. The van der Waals surface area contributed by atoms with Gasteiger partial charge in [0.1, 0.15) is 0 Å². The van der Waals surface area contributed by atoms with Crippen LogP contribution in [-0.2, 0) is 20.7 Å². The van der Waals surface area contributed by atoms with Gasteiger partial charge in [-0.15, -0.1) is 0 Å². The van der Waals surface area contributed by atoms with Crippen molar-refractivity contribution in [3.8, 4) is 0 Å². The summed E-state index contributed by atoms with van der Waals surface area (Å²) in [5.74, 6) is -0.399. The number of nitrogens with one attached hydrogen (secondary N) is 1. The Labute approximate surface area is 146 Å². The van der Waals surface area contributed by atoms with Crippen molar-refractivity contribution < 1.29 is 14.3 Å². The quantitative estimate of drug-likeness (QED) is 0.826. The second-order valence-corrected chi connectivity index (χ2v) is 7.05. The topological polar surface area (TPSA) is 58.6 Å². The lowest BCUT2D eigenvalue weighted by Gasteiger charge is -2.34. The van der Waals surface area contributed by atoms with Gasteiger partial charge in [-0.25, -0.2) is 0 Å². The molecular formula is C18H24N2O3S. The van der Waals surface area contributed by atoms with E-state index in [1.165, 1.54) is 5.56 Å². The van der Waals surface area contributed by atoms with Crippen LogP contribution in [-0.4, -0.2) is 49.6 Å². The summed E-state index contributed by atoms with van der Waals surface area (Å²) in [4.78, 5) is 27.2. The van der Waals surface area contributed by atoms with Gasteiger partial charge in [0.05, 0.1) is 25.0 Å². The summed E-state index contributed by atoms with van der Waals surface area (Å²) < 4.78 is 5.31. The summed E-state index contributed by atoms with van der Waals surface area (Å²) in [6.07, 6.45) is 6.17. The summed E-state index contributed by atoms with van der Waals surface area (Å²) in [6.45, 7) is 3.06. The summed E-state index contributed by atoms with van der Waals surface area (Å²) in [7, 11) is 0. The molecule has 2 heterocycles. The molecule has 1 N–H and O–H groups in total. The molecule has 1 aromatic heterocycles. The van der Waals surface area contributed by atoms with E-state index in [1.54, 1.807) is 11.3 Å².